The van der Waals surface area contributed by atoms with Crippen LogP contribution in [0.15, 0.2) is 17.2 Å². The molecule has 0 saturated heterocycles. The van der Waals surface area contributed by atoms with E-state index in [2.05, 4.69) is 4.98 Å². The third kappa shape index (κ3) is 6.10. The van der Waals surface area contributed by atoms with Crippen LogP contribution in [0.25, 0.3) is 0 Å². The van der Waals surface area contributed by atoms with E-state index in [0.29, 0.717) is 0 Å². The van der Waals surface area contributed by atoms with E-state index in [4.69, 9.17) is 26.2 Å². The first kappa shape index (κ1) is 20.5. The van der Waals surface area contributed by atoms with Gasteiger partial charge in [-0.3, -0.25) is 19.2 Å². The highest BCUT2D eigenvalue weighted by atomic mass is 16.5. The van der Waals surface area contributed by atoms with Crippen molar-refractivity contribution in [3.8, 4) is 0 Å². The van der Waals surface area contributed by atoms with Gasteiger partial charge in [0.1, 0.15) is 0 Å². The summed E-state index contributed by atoms with van der Waals surface area (Å²) in [5, 5.41) is 44.5. The monoisotopic (exact) mass is 347 g/mol. The van der Waals surface area contributed by atoms with Crippen LogP contribution in [0, 0.1) is 5.21 Å². The van der Waals surface area contributed by atoms with Crippen LogP contribution in [0.5, 0.6) is 0 Å². The van der Waals surface area contributed by atoms with Crippen LogP contribution in [-0.4, -0.2) is 54.8 Å². The van der Waals surface area contributed by atoms with Gasteiger partial charge in [-0.1, -0.05) is 0 Å². The largest absolute Gasteiger partial charge is 0.618 e. The first-order valence-electron chi connectivity index (χ1n) is 5.90. The second-order valence-corrected chi connectivity index (χ2v) is 4.31. The van der Waals surface area contributed by atoms with E-state index in [1.165, 1.54) is 0 Å². The van der Waals surface area contributed by atoms with Crippen molar-refractivity contribution in [1.29, 1.82) is 0 Å². The van der Waals surface area contributed by atoms with Crippen LogP contribution in [-0.2, 0) is 14.4 Å². The Morgan fingerprint density at radius 3 is 1.88 bits per heavy atom. The minimum Gasteiger partial charge on any atom is -0.618 e. The van der Waals surface area contributed by atoms with Gasteiger partial charge in [-0.2, -0.15) is 4.73 Å². The van der Waals surface area contributed by atoms with E-state index >= 15 is 0 Å². The number of hydrogen-bond acceptors (Lipinski definition) is 7. The summed E-state index contributed by atoms with van der Waals surface area (Å²) in [7, 11) is 0. The van der Waals surface area contributed by atoms with Crippen molar-refractivity contribution in [2.45, 2.75) is 18.4 Å². The number of nitrogens with two attached hydrogens (primary N) is 1. The van der Waals surface area contributed by atoms with Crippen LogP contribution in [0.2, 0.25) is 0 Å². The molecule has 1 amide bonds. The molecule has 13 nitrogen and oxygen atoms in total. The van der Waals surface area contributed by atoms with E-state index in [1.54, 1.807) is 0 Å². The van der Waals surface area contributed by atoms with Crippen LogP contribution in [0.1, 0.15) is 23.3 Å². The van der Waals surface area contributed by atoms with Gasteiger partial charge in [0.15, 0.2) is 11.8 Å². The van der Waals surface area contributed by atoms with Crippen LogP contribution in [0.3, 0.4) is 0 Å². The van der Waals surface area contributed by atoms with Gasteiger partial charge in [0.2, 0.25) is 0 Å². The van der Waals surface area contributed by atoms with Gasteiger partial charge in [0.25, 0.3) is 0 Å². The molecule has 0 bridgehead atoms. The van der Waals surface area contributed by atoms with Crippen molar-refractivity contribution < 1.29 is 44.3 Å². The molecule has 132 valence electrons. The van der Waals surface area contributed by atoms with Gasteiger partial charge in [-0.15, -0.1) is 0 Å². The zero-order chi connectivity index (χ0) is 19.1. The molecule has 24 heavy (non-hydrogen) atoms. The smallest absolute Gasteiger partial charge is 0.347 e. The first-order chi connectivity index (χ1) is 10.9. The minimum absolute atomic E-state index is 0.126. The minimum atomic E-state index is -2.74. The number of amides is 1. The molecule has 1 aromatic heterocycles. The first-order valence-corrected chi connectivity index (χ1v) is 5.90. The molecule has 0 saturated carbocycles. The standard InChI is InChI=1S/C6H8O7.C5H5N3O3/c7-3(8)1-6(13,5(11)12)2-4(9)10;6-4(9)3-5(10)7-1-2-8(3)11/h13H,1-2H2,(H,7,8)(H,9,10)(H,11,12);1-2H,(H2,6,9)(H,7,10). The number of hydrogen-bond donors (Lipinski definition) is 6. The molecule has 7 N–H and O–H groups in total. The fourth-order valence-corrected chi connectivity index (χ4v) is 1.36. The number of H-pyrrole nitrogens is 1. The SMILES string of the molecule is NC(=O)c1c(=O)[nH]cc[n+]1[O-].O=C(O)CC(O)(CC(=O)O)C(=O)O. The van der Waals surface area contributed by atoms with Crippen molar-refractivity contribution in [3.63, 3.8) is 0 Å². The molecule has 0 aromatic carbocycles. The van der Waals surface area contributed by atoms with Crippen molar-refractivity contribution >= 4 is 23.8 Å². The summed E-state index contributed by atoms with van der Waals surface area (Å²) >= 11 is 0. The van der Waals surface area contributed by atoms with E-state index in [1.807, 2.05) is 0 Å². The number of nitrogens with one attached hydrogen (secondary N) is 1. The lowest BCUT2D eigenvalue weighted by molar-refractivity contribution is -0.609. The third-order valence-corrected chi connectivity index (χ3v) is 2.38. The fraction of sp³-hybridized carbons (Fsp3) is 0.273. The number of primary amides is 1. The van der Waals surface area contributed by atoms with E-state index in [-0.39, 0.29) is 4.73 Å². The maximum absolute atomic E-state index is 10.7. The van der Waals surface area contributed by atoms with Crippen molar-refractivity contribution in [2.75, 3.05) is 0 Å². The zero-order valence-corrected chi connectivity index (χ0v) is 11.8. The average Bonchev–Trinajstić information content (AvgIpc) is 2.36. The van der Waals surface area contributed by atoms with Crippen LogP contribution in [0.4, 0.5) is 0 Å². The lowest BCUT2D eigenvalue weighted by atomic mass is 9.96. The highest BCUT2D eigenvalue weighted by Crippen LogP contribution is 2.15. The average molecular weight is 347 g/mol. The molecule has 1 rings (SSSR count). The Morgan fingerprint density at radius 2 is 1.62 bits per heavy atom. The van der Waals surface area contributed by atoms with Crippen molar-refractivity contribution in [1.82, 2.24) is 4.98 Å². The second kappa shape index (κ2) is 8.23. The Bertz CT molecular complexity index is 694. The number of carboxylic acids is 3. The quantitative estimate of drug-likeness (QED) is 0.223. The number of rotatable bonds is 6. The topological polar surface area (TPSA) is 235 Å². The van der Waals surface area contributed by atoms with Crippen LogP contribution >= 0.6 is 0 Å². The molecule has 0 spiro atoms. The Balaban J connectivity index is 0.000000446. The lowest BCUT2D eigenvalue weighted by Gasteiger charge is -2.18. The predicted molar refractivity (Wildman–Crippen MR) is 71.6 cm³/mol. The van der Waals surface area contributed by atoms with E-state index in [0.717, 1.165) is 12.4 Å². The van der Waals surface area contributed by atoms with Gasteiger partial charge in [0, 0.05) is 0 Å². The molecule has 0 aliphatic heterocycles. The van der Waals surface area contributed by atoms with Crippen molar-refractivity contribution in [3.05, 3.63) is 33.6 Å². The van der Waals surface area contributed by atoms with Gasteiger partial charge >= 0.3 is 35.1 Å². The maximum atomic E-state index is 10.7. The van der Waals surface area contributed by atoms with E-state index in [9.17, 15) is 29.2 Å². The summed E-state index contributed by atoms with van der Waals surface area (Å²) in [4.78, 5) is 53.8. The summed E-state index contributed by atoms with van der Waals surface area (Å²) in [5.74, 6) is -6.06. The normalized spacial score (nSPS) is 10.2. The third-order valence-electron chi connectivity index (χ3n) is 2.38. The molecule has 0 fully saturated rings. The molecule has 0 radical (unpaired) electrons. The van der Waals surface area contributed by atoms with Gasteiger partial charge in [-0.25, -0.2) is 4.79 Å². The molecule has 13 heteroatoms. The summed E-state index contributed by atoms with van der Waals surface area (Å²) in [6.45, 7) is 0. The summed E-state index contributed by atoms with van der Waals surface area (Å²) in [6, 6.07) is 0. The van der Waals surface area contributed by atoms with Crippen molar-refractivity contribution in [2.24, 2.45) is 5.73 Å². The fourth-order valence-electron chi connectivity index (χ4n) is 1.36. The van der Waals surface area contributed by atoms with Gasteiger partial charge in [-0.05, 0) is 0 Å². The highest BCUT2D eigenvalue weighted by molar-refractivity contribution is 5.89. The number of aromatic nitrogens is 2. The number of aliphatic carboxylic acids is 3. The molecule has 0 atom stereocenters. The Kier molecular flexibility index (Phi) is 7.04. The number of carbonyl (C=O) groups excluding carboxylic acids is 1. The maximum Gasteiger partial charge on any atom is 0.347 e. The van der Waals surface area contributed by atoms with Gasteiger partial charge < -0.3 is 36.4 Å². The van der Waals surface area contributed by atoms with Gasteiger partial charge in [0.05, 0.1) is 19.0 Å². The number of aliphatic hydroxyl groups is 1. The summed E-state index contributed by atoms with van der Waals surface area (Å²) in [5.41, 5.74) is 0.611. The zero-order valence-electron chi connectivity index (χ0n) is 11.8. The summed E-state index contributed by atoms with van der Waals surface area (Å²) in [6.07, 6.45) is -0.174. The molecule has 1 aromatic rings. The number of carbonyl (C=O) groups is 4. The number of nitrogens with zero attached hydrogens (tertiary/aromatic N) is 1. The number of aromatic amines is 1. The highest BCUT2D eigenvalue weighted by Gasteiger charge is 2.40. The lowest BCUT2D eigenvalue weighted by Crippen LogP contribution is -2.44. The molecular formula is C11H13N3O10. The predicted octanol–water partition coefficient (Wildman–Crippen LogP) is -3.14. The molecule has 0 unspecified atom stereocenters. The molecule has 1 heterocycles. The Hall–Kier alpha value is -3.48. The molecule has 0 aliphatic rings. The summed E-state index contributed by atoms with van der Waals surface area (Å²) < 4.78 is 0.126. The van der Waals surface area contributed by atoms with E-state index < -0.39 is 53.5 Å². The Morgan fingerprint density at radius 1 is 1.17 bits per heavy atom. The van der Waals surface area contributed by atoms with Crippen LogP contribution < -0.4 is 16.0 Å². The molecule has 0 aliphatic carbocycles. The second-order valence-electron chi connectivity index (χ2n) is 4.31. The molecular weight excluding hydrogens is 334 g/mol. The number of carboxylic acid groups (broad SMARTS) is 3. The Labute approximate surface area is 132 Å².